The Labute approximate surface area is 130 Å². The molecule has 114 valence electrons. The highest BCUT2D eigenvalue weighted by molar-refractivity contribution is 7.92. The maximum absolute atomic E-state index is 12.5. The molecular weight excluding hydrogens is 300 g/mol. The molecule has 0 saturated heterocycles. The zero-order valence-corrected chi connectivity index (χ0v) is 13.1. The molecule has 0 aromatic heterocycles. The number of ether oxygens (including phenoxy) is 1. The topological polar surface area (TPSA) is 79.2 Å². The molecule has 0 atom stereocenters. The molecule has 5 nitrogen and oxygen atoms in total. The van der Waals surface area contributed by atoms with E-state index in [1.165, 1.54) is 19.2 Å². The minimum atomic E-state index is -3.87. The van der Waals surface area contributed by atoms with Crippen LogP contribution in [0.1, 0.15) is 18.1 Å². The second-order valence-corrected chi connectivity index (χ2v) is 6.25. The number of benzene rings is 2. The van der Waals surface area contributed by atoms with Gasteiger partial charge >= 0.3 is 0 Å². The highest BCUT2D eigenvalue weighted by Crippen LogP contribution is 2.28. The number of sulfonamides is 1. The summed E-state index contributed by atoms with van der Waals surface area (Å²) in [6.07, 6.45) is 0.771. The van der Waals surface area contributed by atoms with Crippen molar-refractivity contribution < 1.29 is 13.2 Å². The average molecular weight is 316 g/mol. The van der Waals surface area contributed by atoms with Crippen molar-refractivity contribution in [1.82, 2.24) is 0 Å². The van der Waals surface area contributed by atoms with Crippen LogP contribution in [0.5, 0.6) is 5.75 Å². The summed E-state index contributed by atoms with van der Waals surface area (Å²) in [7, 11) is -2.39. The molecule has 2 aromatic rings. The van der Waals surface area contributed by atoms with Crippen LogP contribution in [0.2, 0.25) is 0 Å². The van der Waals surface area contributed by atoms with Gasteiger partial charge in [0.15, 0.2) is 0 Å². The molecule has 2 rings (SSSR count). The normalized spacial score (nSPS) is 10.8. The van der Waals surface area contributed by atoms with Gasteiger partial charge in [-0.25, -0.2) is 8.42 Å². The molecule has 0 aliphatic carbocycles. The lowest BCUT2D eigenvalue weighted by atomic mass is 10.1. The molecule has 0 heterocycles. The van der Waals surface area contributed by atoms with Crippen LogP contribution in [0.15, 0.2) is 47.4 Å². The van der Waals surface area contributed by atoms with E-state index >= 15 is 0 Å². The van der Waals surface area contributed by atoms with Crippen LogP contribution in [0.25, 0.3) is 0 Å². The quantitative estimate of drug-likeness (QED) is 0.920. The fraction of sp³-hybridized carbons (Fsp3) is 0.188. The zero-order valence-electron chi connectivity index (χ0n) is 12.3. The molecule has 0 aliphatic rings. The number of nitriles is 1. The molecule has 1 N–H and O–H groups in total. The predicted molar refractivity (Wildman–Crippen MR) is 84.3 cm³/mol. The Morgan fingerprint density at radius 3 is 2.59 bits per heavy atom. The maximum Gasteiger partial charge on any atom is 0.263 e. The molecule has 0 bridgehead atoms. The summed E-state index contributed by atoms with van der Waals surface area (Å²) >= 11 is 0. The number of nitrogens with one attached hydrogen (secondary N) is 1. The van der Waals surface area contributed by atoms with Gasteiger partial charge in [0.05, 0.1) is 18.4 Å². The number of methoxy groups -OCH3 is 1. The molecule has 0 unspecified atom stereocenters. The second kappa shape index (κ2) is 6.50. The van der Waals surface area contributed by atoms with Crippen LogP contribution in [-0.4, -0.2) is 15.5 Å². The Balaban J connectivity index is 2.47. The molecule has 0 amide bonds. The van der Waals surface area contributed by atoms with Gasteiger partial charge in [-0.1, -0.05) is 25.1 Å². The van der Waals surface area contributed by atoms with E-state index in [9.17, 15) is 8.42 Å². The lowest BCUT2D eigenvalue weighted by Crippen LogP contribution is -2.15. The van der Waals surface area contributed by atoms with Gasteiger partial charge < -0.3 is 4.74 Å². The Morgan fingerprint density at radius 1 is 1.23 bits per heavy atom. The van der Waals surface area contributed by atoms with Gasteiger partial charge in [0, 0.05) is 0 Å². The number of anilines is 1. The van der Waals surface area contributed by atoms with Gasteiger partial charge in [0.2, 0.25) is 0 Å². The number of aryl methyl sites for hydroxylation is 1. The fourth-order valence-corrected chi connectivity index (χ4v) is 3.27. The van der Waals surface area contributed by atoms with E-state index in [-0.39, 0.29) is 10.5 Å². The molecule has 0 spiro atoms. The highest BCUT2D eigenvalue weighted by Gasteiger charge is 2.20. The predicted octanol–water partition coefficient (Wildman–Crippen LogP) is 2.93. The van der Waals surface area contributed by atoms with Crippen LogP contribution in [0.4, 0.5) is 5.69 Å². The largest absolute Gasteiger partial charge is 0.495 e. The number of rotatable bonds is 5. The Morgan fingerprint density at radius 2 is 1.95 bits per heavy atom. The Kier molecular flexibility index (Phi) is 4.68. The third kappa shape index (κ3) is 3.21. The molecule has 0 radical (unpaired) electrons. The van der Waals surface area contributed by atoms with Crippen molar-refractivity contribution in [2.24, 2.45) is 0 Å². The minimum absolute atomic E-state index is 0.0542. The van der Waals surface area contributed by atoms with E-state index in [4.69, 9.17) is 10.00 Å². The minimum Gasteiger partial charge on any atom is -0.495 e. The Hall–Kier alpha value is -2.52. The summed E-state index contributed by atoms with van der Waals surface area (Å²) in [6, 6.07) is 13.3. The van der Waals surface area contributed by atoms with E-state index in [0.717, 1.165) is 12.0 Å². The lowest BCUT2D eigenvalue weighted by Gasteiger charge is -2.13. The van der Waals surface area contributed by atoms with Gasteiger partial charge in [0.25, 0.3) is 10.0 Å². The van der Waals surface area contributed by atoms with Gasteiger partial charge in [-0.2, -0.15) is 5.26 Å². The standard InChI is InChI=1S/C16H16N2O3S/c1-3-12-8-9-15(21-2)14(10-12)18-22(19,20)16-7-5-4-6-13(16)11-17/h4-10,18H,3H2,1-2H3. The molecule has 0 fully saturated rings. The van der Waals surface area contributed by atoms with Crippen molar-refractivity contribution >= 4 is 15.7 Å². The van der Waals surface area contributed by atoms with Gasteiger partial charge in [0.1, 0.15) is 16.7 Å². The van der Waals surface area contributed by atoms with E-state index in [1.807, 2.05) is 19.1 Å². The smallest absolute Gasteiger partial charge is 0.263 e. The summed E-state index contributed by atoms with van der Waals surface area (Å²) < 4.78 is 32.8. The van der Waals surface area contributed by atoms with E-state index in [2.05, 4.69) is 4.72 Å². The Bertz CT molecular complexity index is 824. The summed E-state index contributed by atoms with van der Waals surface area (Å²) in [5, 5.41) is 9.06. The second-order valence-electron chi connectivity index (χ2n) is 4.60. The van der Waals surface area contributed by atoms with Crippen LogP contribution < -0.4 is 9.46 Å². The van der Waals surface area contributed by atoms with Crippen molar-refractivity contribution in [3.63, 3.8) is 0 Å². The van der Waals surface area contributed by atoms with Crippen LogP contribution in [0.3, 0.4) is 0 Å². The fourth-order valence-electron chi connectivity index (χ4n) is 2.05. The first-order valence-electron chi connectivity index (χ1n) is 6.70. The molecular formula is C16H16N2O3S. The first-order chi connectivity index (χ1) is 10.5. The van der Waals surface area contributed by atoms with Crippen molar-refractivity contribution in [2.45, 2.75) is 18.2 Å². The summed E-state index contributed by atoms with van der Waals surface area (Å²) in [4.78, 5) is -0.0542. The van der Waals surface area contributed by atoms with Crippen molar-refractivity contribution in [1.29, 1.82) is 5.26 Å². The average Bonchev–Trinajstić information content (AvgIpc) is 2.54. The van der Waals surface area contributed by atoms with Gasteiger partial charge in [-0.3, -0.25) is 4.72 Å². The number of nitrogens with zero attached hydrogens (tertiary/aromatic N) is 1. The summed E-state index contributed by atoms with van der Waals surface area (Å²) in [5.74, 6) is 0.426. The van der Waals surface area contributed by atoms with Crippen LogP contribution >= 0.6 is 0 Å². The first kappa shape index (κ1) is 15.9. The SMILES string of the molecule is CCc1ccc(OC)c(NS(=O)(=O)c2ccccc2C#N)c1. The third-order valence-corrected chi connectivity index (χ3v) is 4.64. The third-order valence-electron chi connectivity index (χ3n) is 3.21. The molecule has 0 aliphatic heterocycles. The molecule has 22 heavy (non-hydrogen) atoms. The van der Waals surface area contributed by atoms with Gasteiger partial charge in [-0.15, -0.1) is 0 Å². The van der Waals surface area contributed by atoms with Crippen molar-refractivity contribution in [2.75, 3.05) is 11.8 Å². The van der Waals surface area contributed by atoms with Crippen LogP contribution in [-0.2, 0) is 16.4 Å². The lowest BCUT2D eigenvalue weighted by molar-refractivity contribution is 0.416. The van der Waals surface area contributed by atoms with E-state index < -0.39 is 10.0 Å². The van der Waals surface area contributed by atoms with Crippen LogP contribution in [0, 0.1) is 11.3 Å². The van der Waals surface area contributed by atoms with E-state index in [1.54, 1.807) is 24.3 Å². The molecule has 2 aromatic carbocycles. The molecule has 6 heteroatoms. The number of hydrogen-bond donors (Lipinski definition) is 1. The zero-order chi connectivity index (χ0) is 16.2. The number of hydrogen-bond acceptors (Lipinski definition) is 4. The molecule has 0 saturated carbocycles. The monoisotopic (exact) mass is 316 g/mol. The van der Waals surface area contributed by atoms with Gasteiger partial charge in [-0.05, 0) is 36.2 Å². The maximum atomic E-state index is 12.5. The van der Waals surface area contributed by atoms with E-state index in [0.29, 0.717) is 11.4 Å². The van der Waals surface area contributed by atoms with Crippen molar-refractivity contribution in [3.05, 3.63) is 53.6 Å². The van der Waals surface area contributed by atoms with Crippen molar-refractivity contribution in [3.8, 4) is 11.8 Å². The first-order valence-corrected chi connectivity index (χ1v) is 8.19. The summed E-state index contributed by atoms with van der Waals surface area (Å²) in [6.45, 7) is 1.98. The summed E-state index contributed by atoms with van der Waals surface area (Å²) in [5.41, 5.74) is 1.43. The highest BCUT2D eigenvalue weighted by atomic mass is 32.2.